The van der Waals surface area contributed by atoms with Crippen molar-refractivity contribution in [2.75, 3.05) is 16.8 Å². The molecule has 5 heteroatoms. The Morgan fingerprint density at radius 3 is 2.35 bits per heavy atom. The van der Waals surface area contributed by atoms with Crippen LogP contribution in [0.2, 0.25) is 0 Å². The van der Waals surface area contributed by atoms with Crippen LogP contribution in [-0.4, -0.2) is 24.1 Å². The van der Waals surface area contributed by atoms with Crippen LogP contribution in [0.3, 0.4) is 0 Å². The van der Waals surface area contributed by atoms with Gasteiger partial charge in [-0.25, -0.2) is 0 Å². The lowest BCUT2D eigenvalue weighted by atomic mass is 10.1. The van der Waals surface area contributed by atoms with E-state index in [1.807, 2.05) is 32.0 Å². The Balaban J connectivity index is 1.68. The van der Waals surface area contributed by atoms with Crippen molar-refractivity contribution < 1.29 is 14.4 Å². The molecule has 0 saturated carbocycles. The summed E-state index contributed by atoms with van der Waals surface area (Å²) in [5.74, 6) is -0.634. The van der Waals surface area contributed by atoms with E-state index in [2.05, 4.69) is 5.32 Å². The van der Waals surface area contributed by atoms with Crippen LogP contribution in [0.5, 0.6) is 0 Å². The molecule has 1 aliphatic heterocycles. The van der Waals surface area contributed by atoms with Gasteiger partial charge in [0.25, 0.3) is 0 Å². The van der Waals surface area contributed by atoms with Crippen molar-refractivity contribution >= 4 is 29.0 Å². The van der Waals surface area contributed by atoms with Crippen LogP contribution in [0.25, 0.3) is 0 Å². The fourth-order valence-corrected chi connectivity index (χ4v) is 3.06. The maximum Gasteiger partial charge on any atom is 0.229 e. The first kappa shape index (κ1) is 17.9. The van der Waals surface area contributed by atoms with E-state index >= 15 is 0 Å². The summed E-state index contributed by atoms with van der Waals surface area (Å²) in [6.07, 6.45) is 0.199. The second-order valence-corrected chi connectivity index (χ2v) is 6.80. The standard InChI is InChI=1S/C21H22N2O3/c1-13-4-9-19(10-14(13)2)23-12-17(11-20(23)25)21(26)22-18-7-5-16(6-8-18)15(3)24/h4-10,17H,11-12H2,1-3H3,(H,22,26)/t17-/m1/s1. The van der Waals surface area contributed by atoms with Crippen LogP contribution in [0, 0.1) is 19.8 Å². The first-order valence-electron chi connectivity index (χ1n) is 8.64. The Kier molecular flexibility index (Phi) is 4.89. The van der Waals surface area contributed by atoms with Crippen molar-refractivity contribution in [2.24, 2.45) is 5.92 Å². The van der Waals surface area contributed by atoms with E-state index in [1.54, 1.807) is 29.2 Å². The zero-order chi connectivity index (χ0) is 18.8. The minimum absolute atomic E-state index is 0.0201. The third kappa shape index (κ3) is 3.67. The van der Waals surface area contributed by atoms with E-state index in [9.17, 15) is 14.4 Å². The number of amides is 2. The summed E-state index contributed by atoms with van der Waals surface area (Å²) in [7, 11) is 0. The third-order valence-electron chi connectivity index (χ3n) is 4.86. The summed E-state index contributed by atoms with van der Waals surface area (Å²) in [4.78, 5) is 37.9. The zero-order valence-electron chi connectivity index (χ0n) is 15.2. The van der Waals surface area contributed by atoms with Gasteiger partial charge in [0.15, 0.2) is 5.78 Å². The van der Waals surface area contributed by atoms with Gasteiger partial charge in [-0.1, -0.05) is 6.07 Å². The largest absolute Gasteiger partial charge is 0.326 e. The predicted molar refractivity (Wildman–Crippen MR) is 101 cm³/mol. The number of hydrogen-bond donors (Lipinski definition) is 1. The molecule has 3 rings (SSSR count). The maximum absolute atomic E-state index is 12.5. The van der Waals surface area contributed by atoms with Gasteiger partial charge < -0.3 is 10.2 Å². The molecule has 0 aromatic heterocycles. The molecule has 2 amide bonds. The highest BCUT2D eigenvalue weighted by molar-refractivity contribution is 6.03. The van der Waals surface area contributed by atoms with Crippen LogP contribution in [0.15, 0.2) is 42.5 Å². The fourth-order valence-electron chi connectivity index (χ4n) is 3.06. The highest BCUT2D eigenvalue weighted by Crippen LogP contribution is 2.27. The highest BCUT2D eigenvalue weighted by atomic mass is 16.2. The number of hydrogen-bond acceptors (Lipinski definition) is 3. The molecule has 134 valence electrons. The molecule has 0 bridgehead atoms. The van der Waals surface area contributed by atoms with E-state index in [-0.39, 0.29) is 24.0 Å². The summed E-state index contributed by atoms with van der Waals surface area (Å²) >= 11 is 0. The van der Waals surface area contributed by atoms with Gasteiger partial charge in [-0.3, -0.25) is 14.4 Å². The lowest BCUT2D eigenvalue weighted by molar-refractivity contribution is -0.122. The minimum Gasteiger partial charge on any atom is -0.326 e. The van der Waals surface area contributed by atoms with Crippen molar-refractivity contribution in [1.29, 1.82) is 0 Å². The molecule has 1 atom stereocenters. The van der Waals surface area contributed by atoms with Gasteiger partial charge in [-0.05, 0) is 68.3 Å². The molecule has 0 radical (unpaired) electrons. The smallest absolute Gasteiger partial charge is 0.229 e. The number of benzene rings is 2. The van der Waals surface area contributed by atoms with Gasteiger partial charge in [0.2, 0.25) is 11.8 Å². The van der Waals surface area contributed by atoms with Crippen LogP contribution in [0.1, 0.15) is 34.8 Å². The van der Waals surface area contributed by atoms with Gasteiger partial charge in [0.05, 0.1) is 5.92 Å². The van der Waals surface area contributed by atoms with Gasteiger partial charge in [0.1, 0.15) is 0 Å². The lowest BCUT2D eigenvalue weighted by Crippen LogP contribution is -2.28. The third-order valence-corrected chi connectivity index (χ3v) is 4.86. The fraction of sp³-hybridized carbons (Fsp3) is 0.286. The number of nitrogens with one attached hydrogen (secondary N) is 1. The second-order valence-electron chi connectivity index (χ2n) is 6.80. The van der Waals surface area contributed by atoms with Gasteiger partial charge in [-0.2, -0.15) is 0 Å². The highest BCUT2D eigenvalue weighted by Gasteiger charge is 2.35. The van der Waals surface area contributed by atoms with Crippen molar-refractivity contribution in [3.8, 4) is 0 Å². The summed E-state index contributed by atoms with van der Waals surface area (Å²) in [6.45, 7) is 5.91. The average Bonchev–Trinajstić information content (AvgIpc) is 3.00. The number of rotatable bonds is 4. The summed E-state index contributed by atoms with van der Waals surface area (Å²) < 4.78 is 0. The molecule has 5 nitrogen and oxygen atoms in total. The molecular weight excluding hydrogens is 328 g/mol. The van der Waals surface area contributed by atoms with Crippen molar-refractivity contribution in [3.05, 3.63) is 59.2 Å². The Morgan fingerprint density at radius 1 is 1.04 bits per heavy atom. The number of carbonyl (C=O) groups excluding carboxylic acids is 3. The second kappa shape index (κ2) is 7.12. The number of aryl methyl sites for hydroxylation is 2. The van der Waals surface area contributed by atoms with Crippen molar-refractivity contribution in [3.63, 3.8) is 0 Å². The number of carbonyl (C=O) groups is 3. The number of ketones is 1. The normalized spacial score (nSPS) is 16.7. The van der Waals surface area contributed by atoms with Crippen LogP contribution in [0.4, 0.5) is 11.4 Å². The van der Waals surface area contributed by atoms with Crippen LogP contribution >= 0.6 is 0 Å². The summed E-state index contributed by atoms with van der Waals surface area (Å²) in [6, 6.07) is 12.6. The first-order chi connectivity index (χ1) is 12.3. The van der Waals surface area contributed by atoms with E-state index in [0.29, 0.717) is 17.8 Å². The first-order valence-corrected chi connectivity index (χ1v) is 8.64. The number of Topliss-reactive ketones (excluding diaryl/α,β-unsaturated/α-hetero) is 1. The monoisotopic (exact) mass is 350 g/mol. The van der Waals surface area contributed by atoms with E-state index in [0.717, 1.165) is 11.3 Å². The molecule has 1 heterocycles. The topological polar surface area (TPSA) is 66.5 Å². The molecule has 1 N–H and O–H groups in total. The Hall–Kier alpha value is -2.95. The molecular formula is C21H22N2O3. The Labute approximate surface area is 153 Å². The van der Waals surface area contributed by atoms with E-state index in [4.69, 9.17) is 0 Å². The molecule has 1 aliphatic rings. The molecule has 0 unspecified atom stereocenters. The molecule has 2 aromatic rings. The maximum atomic E-state index is 12.5. The van der Waals surface area contributed by atoms with E-state index in [1.165, 1.54) is 12.5 Å². The quantitative estimate of drug-likeness (QED) is 0.858. The molecule has 2 aromatic carbocycles. The van der Waals surface area contributed by atoms with Gasteiger partial charge in [-0.15, -0.1) is 0 Å². The van der Waals surface area contributed by atoms with Crippen LogP contribution in [-0.2, 0) is 9.59 Å². The number of nitrogens with zero attached hydrogens (tertiary/aromatic N) is 1. The van der Waals surface area contributed by atoms with Gasteiger partial charge in [0, 0.05) is 29.9 Å². The molecule has 0 aliphatic carbocycles. The zero-order valence-corrected chi connectivity index (χ0v) is 15.2. The summed E-state index contributed by atoms with van der Waals surface area (Å²) in [5.41, 5.74) is 4.34. The molecule has 26 heavy (non-hydrogen) atoms. The molecule has 1 saturated heterocycles. The van der Waals surface area contributed by atoms with Crippen LogP contribution < -0.4 is 10.2 Å². The van der Waals surface area contributed by atoms with Gasteiger partial charge >= 0.3 is 0 Å². The number of anilines is 2. The Bertz CT molecular complexity index is 871. The average molecular weight is 350 g/mol. The summed E-state index contributed by atoms with van der Waals surface area (Å²) in [5, 5.41) is 2.83. The van der Waals surface area contributed by atoms with Crippen molar-refractivity contribution in [1.82, 2.24) is 0 Å². The molecule has 0 spiro atoms. The minimum atomic E-state index is -0.392. The van der Waals surface area contributed by atoms with E-state index < -0.39 is 5.92 Å². The Morgan fingerprint density at radius 2 is 1.73 bits per heavy atom. The molecule has 1 fully saturated rings. The SMILES string of the molecule is CC(=O)c1ccc(NC(=O)[C@@H]2CC(=O)N(c3ccc(C)c(C)c3)C2)cc1. The predicted octanol–water partition coefficient (Wildman–Crippen LogP) is 3.50. The lowest BCUT2D eigenvalue weighted by Gasteiger charge is -2.18. The van der Waals surface area contributed by atoms with Crippen molar-refractivity contribution in [2.45, 2.75) is 27.2 Å².